The molecule has 1 aliphatic rings. The second-order valence-electron chi connectivity index (χ2n) is 7.34. The largest absolute Gasteiger partial charge is 0.340 e. The molecule has 1 unspecified atom stereocenters. The van der Waals surface area contributed by atoms with Crippen molar-refractivity contribution >= 4 is 34.8 Å². The van der Waals surface area contributed by atoms with Gasteiger partial charge in [0.25, 0.3) is 0 Å². The minimum Gasteiger partial charge on any atom is -0.340 e. The van der Waals surface area contributed by atoms with Gasteiger partial charge in [-0.05, 0) is 38.2 Å². The number of rotatable bonds is 3. The molecule has 0 bridgehead atoms. The van der Waals surface area contributed by atoms with Crippen LogP contribution in [0.2, 0.25) is 10.0 Å². The SMILES string of the molecule is CC1CN(C(=O)Cc2c(-c3ccc(Cl)cc3)nc3ccc(Cl)cn23)CCN1C. The molecule has 0 aliphatic carbocycles. The fraction of sp³-hybridized carbons (Fsp3) is 0.333. The zero-order valence-corrected chi connectivity index (χ0v) is 17.4. The predicted molar refractivity (Wildman–Crippen MR) is 113 cm³/mol. The molecule has 1 amide bonds. The van der Waals surface area contributed by atoms with Crippen LogP contribution < -0.4 is 0 Å². The lowest BCUT2D eigenvalue weighted by Gasteiger charge is -2.37. The lowest BCUT2D eigenvalue weighted by molar-refractivity contribution is -0.133. The lowest BCUT2D eigenvalue weighted by Crippen LogP contribution is -2.52. The van der Waals surface area contributed by atoms with Crippen molar-refractivity contribution in [1.29, 1.82) is 0 Å². The number of fused-ring (bicyclic) bond motifs is 1. The number of aromatic nitrogens is 2. The van der Waals surface area contributed by atoms with E-state index < -0.39 is 0 Å². The van der Waals surface area contributed by atoms with Crippen molar-refractivity contribution in [1.82, 2.24) is 19.2 Å². The van der Waals surface area contributed by atoms with E-state index in [0.29, 0.717) is 16.1 Å². The molecule has 1 fully saturated rings. The number of piperazine rings is 1. The van der Waals surface area contributed by atoms with E-state index in [0.717, 1.165) is 42.2 Å². The van der Waals surface area contributed by atoms with Gasteiger partial charge in [0, 0.05) is 42.5 Å². The molecule has 0 spiro atoms. The summed E-state index contributed by atoms with van der Waals surface area (Å²) in [4.78, 5) is 22.1. The summed E-state index contributed by atoms with van der Waals surface area (Å²) in [5.41, 5.74) is 3.33. The molecule has 0 radical (unpaired) electrons. The van der Waals surface area contributed by atoms with E-state index in [1.165, 1.54) is 0 Å². The van der Waals surface area contributed by atoms with Gasteiger partial charge < -0.3 is 14.2 Å². The summed E-state index contributed by atoms with van der Waals surface area (Å²) >= 11 is 12.3. The van der Waals surface area contributed by atoms with Gasteiger partial charge in [0.2, 0.25) is 5.91 Å². The van der Waals surface area contributed by atoms with Crippen molar-refractivity contribution in [3.05, 3.63) is 58.3 Å². The van der Waals surface area contributed by atoms with E-state index >= 15 is 0 Å². The highest BCUT2D eigenvalue weighted by atomic mass is 35.5. The first kappa shape index (κ1) is 19.2. The monoisotopic (exact) mass is 416 g/mol. The zero-order chi connectivity index (χ0) is 19.8. The van der Waals surface area contributed by atoms with E-state index in [2.05, 4.69) is 18.9 Å². The first-order valence-electron chi connectivity index (χ1n) is 9.33. The molecule has 1 aliphatic heterocycles. The third kappa shape index (κ3) is 3.75. The highest BCUT2D eigenvalue weighted by Crippen LogP contribution is 2.28. The Bertz CT molecular complexity index is 1020. The van der Waals surface area contributed by atoms with Crippen LogP contribution in [-0.4, -0.2) is 57.8 Å². The lowest BCUT2D eigenvalue weighted by atomic mass is 10.1. The van der Waals surface area contributed by atoms with Gasteiger partial charge >= 0.3 is 0 Å². The summed E-state index contributed by atoms with van der Waals surface area (Å²) in [6.07, 6.45) is 2.09. The van der Waals surface area contributed by atoms with E-state index in [4.69, 9.17) is 28.2 Å². The average Bonchev–Trinajstić information content (AvgIpc) is 3.02. The van der Waals surface area contributed by atoms with Crippen molar-refractivity contribution < 1.29 is 4.79 Å². The summed E-state index contributed by atoms with van der Waals surface area (Å²) in [6, 6.07) is 11.6. The van der Waals surface area contributed by atoms with Crippen LogP contribution in [0.4, 0.5) is 0 Å². The summed E-state index contributed by atoms with van der Waals surface area (Å²) < 4.78 is 1.92. The van der Waals surface area contributed by atoms with Crippen LogP contribution >= 0.6 is 23.2 Å². The molecule has 0 N–H and O–H groups in total. The molecule has 0 saturated carbocycles. The van der Waals surface area contributed by atoms with E-state index in [-0.39, 0.29) is 12.3 Å². The van der Waals surface area contributed by atoms with Crippen molar-refractivity contribution in [3.8, 4) is 11.3 Å². The fourth-order valence-corrected chi connectivity index (χ4v) is 3.89. The fourth-order valence-electron chi connectivity index (χ4n) is 3.61. The van der Waals surface area contributed by atoms with Crippen LogP contribution in [0.1, 0.15) is 12.6 Å². The molecule has 28 heavy (non-hydrogen) atoms. The standard InChI is InChI=1S/C21H22Cl2N4O/c1-14-12-26(10-9-25(14)2)20(28)11-18-21(15-3-5-16(22)6-4-15)24-19-8-7-17(23)13-27(18)19/h3-8,13-14H,9-12H2,1-2H3. The maximum Gasteiger partial charge on any atom is 0.228 e. The van der Waals surface area contributed by atoms with E-state index in [1.807, 2.05) is 51.9 Å². The Labute approximate surface area is 174 Å². The number of carbonyl (C=O) groups is 1. The minimum absolute atomic E-state index is 0.108. The van der Waals surface area contributed by atoms with Crippen molar-refractivity contribution in [2.45, 2.75) is 19.4 Å². The molecule has 5 nitrogen and oxygen atoms in total. The summed E-state index contributed by atoms with van der Waals surface area (Å²) in [6.45, 7) is 4.51. The Morgan fingerprint density at radius 3 is 2.54 bits per heavy atom. The molecule has 146 valence electrons. The van der Waals surface area contributed by atoms with Crippen molar-refractivity contribution in [3.63, 3.8) is 0 Å². The van der Waals surface area contributed by atoms with Gasteiger partial charge in [-0.25, -0.2) is 4.98 Å². The van der Waals surface area contributed by atoms with Gasteiger partial charge in [0.05, 0.1) is 22.8 Å². The molecular formula is C21H22Cl2N4O. The third-order valence-electron chi connectivity index (χ3n) is 5.43. The van der Waals surface area contributed by atoms with Crippen LogP contribution in [0.3, 0.4) is 0 Å². The van der Waals surface area contributed by atoms with Gasteiger partial charge in [-0.2, -0.15) is 0 Å². The van der Waals surface area contributed by atoms with Gasteiger partial charge in [-0.3, -0.25) is 4.79 Å². The first-order valence-corrected chi connectivity index (χ1v) is 10.1. The number of imidazole rings is 1. The number of amides is 1. The Morgan fingerprint density at radius 1 is 1.11 bits per heavy atom. The minimum atomic E-state index is 0.108. The second kappa shape index (κ2) is 7.74. The molecular weight excluding hydrogens is 395 g/mol. The second-order valence-corrected chi connectivity index (χ2v) is 8.21. The smallest absolute Gasteiger partial charge is 0.228 e. The average molecular weight is 417 g/mol. The molecule has 4 rings (SSSR count). The summed E-state index contributed by atoms with van der Waals surface area (Å²) in [7, 11) is 2.09. The summed E-state index contributed by atoms with van der Waals surface area (Å²) in [5, 5.41) is 1.27. The molecule has 1 saturated heterocycles. The molecule has 3 aromatic rings. The van der Waals surface area contributed by atoms with E-state index in [1.54, 1.807) is 0 Å². The Hall–Kier alpha value is -2.08. The van der Waals surface area contributed by atoms with Gasteiger partial charge in [-0.1, -0.05) is 35.3 Å². The number of halogens is 2. The van der Waals surface area contributed by atoms with Crippen molar-refractivity contribution in [2.75, 3.05) is 26.7 Å². The topological polar surface area (TPSA) is 40.9 Å². The van der Waals surface area contributed by atoms with Gasteiger partial charge in [0.15, 0.2) is 0 Å². The highest BCUT2D eigenvalue weighted by molar-refractivity contribution is 6.30. The van der Waals surface area contributed by atoms with Crippen LogP contribution in [0.15, 0.2) is 42.6 Å². The predicted octanol–water partition coefficient (Wildman–Crippen LogP) is 4.01. The number of hydrogen-bond acceptors (Lipinski definition) is 3. The maximum absolute atomic E-state index is 13.1. The van der Waals surface area contributed by atoms with Gasteiger partial charge in [-0.15, -0.1) is 0 Å². The highest BCUT2D eigenvalue weighted by Gasteiger charge is 2.26. The number of nitrogens with zero attached hydrogens (tertiary/aromatic N) is 4. The van der Waals surface area contributed by atoms with Crippen LogP contribution in [0.25, 0.3) is 16.9 Å². The number of benzene rings is 1. The number of carbonyl (C=O) groups excluding carboxylic acids is 1. The van der Waals surface area contributed by atoms with Crippen LogP contribution in [-0.2, 0) is 11.2 Å². The quantitative estimate of drug-likeness (QED) is 0.647. The van der Waals surface area contributed by atoms with E-state index in [9.17, 15) is 4.79 Å². The normalized spacial score (nSPS) is 18.0. The summed E-state index contributed by atoms with van der Waals surface area (Å²) in [5.74, 6) is 0.108. The third-order valence-corrected chi connectivity index (χ3v) is 5.91. The van der Waals surface area contributed by atoms with Gasteiger partial charge in [0.1, 0.15) is 5.65 Å². The van der Waals surface area contributed by atoms with Crippen molar-refractivity contribution in [2.24, 2.45) is 0 Å². The molecule has 3 heterocycles. The molecule has 2 aromatic heterocycles. The van der Waals surface area contributed by atoms with Crippen LogP contribution in [0, 0.1) is 0 Å². The molecule has 1 atom stereocenters. The molecule has 1 aromatic carbocycles. The van der Waals surface area contributed by atoms with Crippen LogP contribution in [0.5, 0.6) is 0 Å². The molecule has 7 heteroatoms. The Kier molecular flexibility index (Phi) is 5.32. The first-order chi connectivity index (χ1) is 13.4. The number of pyridine rings is 1. The Morgan fingerprint density at radius 2 is 1.82 bits per heavy atom. The number of likely N-dealkylation sites (N-methyl/N-ethyl adjacent to an activating group) is 1. The zero-order valence-electron chi connectivity index (χ0n) is 15.9. The number of hydrogen-bond donors (Lipinski definition) is 0. The Balaban J connectivity index is 1.72. The maximum atomic E-state index is 13.1.